The zero-order chi connectivity index (χ0) is 14.9. The molecule has 3 heterocycles. The van der Waals surface area contributed by atoms with E-state index >= 15 is 0 Å². The fourth-order valence-corrected chi connectivity index (χ4v) is 2.26. The zero-order valence-corrected chi connectivity index (χ0v) is 11.5. The molecule has 108 valence electrons. The predicted octanol–water partition coefficient (Wildman–Crippen LogP) is 1.61. The summed E-state index contributed by atoms with van der Waals surface area (Å²) in [6.07, 6.45) is 5.81. The largest absolute Gasteiger partial charge is 0.508 e. The van der Waals surface area contributed by atoms with Gasteiger partial charge in [-0.25, -0.2) is 4.98 Å². The normalized spacial score (nSPS) is 11.1. The van der Waals surface area contributed by atoms with Crippen LogP contribution in [0.25, 0.3) is 11.5 Å². The first kappa shape index (κ1) is 12.5. The SMILES string of the molecule is Oc1ccc(Cc2nnc3ccc(-n4ccnc4)nn23)cc1. The summed E-state index contributed by atoms with van der Waals surface area (Å²) in [4.78, 5) is 4.02. The third-order valence-corrected chi connectivity index (χ3v) is 3.38. The molecule has 4 rings (SSSR count). The third-order valence-electron chi connectivity index (χ3n) is 3.38. The quantitative estimate of drug-likeness (QED) is 0.620. The fourth-order valence-electron chi connectivity index (χ4n) is 2.26. The van der Waals surface area contributed by atoms with Crippen LogP contribution >= 0.6 is 0 Å². The number of nitrogens with zero attached hydrogens (tertiary/aromatic N) is 6. The Morgan fingerprint density at radius 1 is 1.00 bits per heavy atom. The molecule has 7 heteroatoms. The summed E-state index contributed by atoms with van der Waals surface area (Å²) in [5.41, 5.74) is 1.72. The van der Waals surface area contributed by atoms with Gasteiger partial charge in [-0.2, -0.15) is 4.52 Å². The summed E-state index contributed by atoms with van der Waals surface area (Å²) in [5, 5.41) is 22.2. The van der Waals surface area contributed by atoms with Gasteiger partial charge in [-0.3, -0.25) is 4.57 Å². The first-order valence-electron chi connectivity index (χ1n) is 6.77. The molecule has 0 aliphatic rings. The van der Waals surface area contributed by atoms with Gasteiger partial charge >= 0.3 is 0 Å². The van der Waals surface area contributed by atoms with Gasteiger partial charge in [-0.05, 0) is 29.8 Å². The van der Waals surface area contributed by atoms with Crippen molar-refractivity contribution in [2.24, 2.45) is 0 Å². The molecule has 0 amide bonds. The lowest BCUT2D eigenvalue weighted by molar-refractivity contribution is 0.475. The summed E-state index contributed by atoms with van der Waals surface area (Å²) in [6, 6.07) is 10.8. The summed E-state index contributed by atoms with van der Waals surface area (Å²) < 4.78 is 3.55. The van der Waals surface area contributed by atoms with E-state index < -0.39 is 0 Å². The smallest absolute Gasteiger partial charge is 0.178 e. The number of rotatable bonds is 3. The van der Waals surface area contributed by atoms with Crippen molar-refractivity contribution in [1.82, 2.24) is 29.4 Å². The second-order valence-corrected chi connectivity index (χ2v) is 4.89. The summed E-state index contributed by atoms with van der Waals surface area (Å²) >= 11 is 0. The molecule has 0 fully saturated rings. The standard InChI is InChI=1S/C15H12N6O/c22-12-3-1-11(2-4-12)9-15-18-17-13-5-6-14(19-21(13)15)20-8-7-16-10-20/h1-8,10,22H,9H2. The molecular formula is C15H12N6O. The average molecular weight is 292 g/mol. The number of phenols is 1. The van der Waals surface area contributed by atoms with Crippen molar-refractivity contribution in [3.63, 3.8) is 0 Å². The number of hydrogen-bond acceptors (Lipinski definition) is 5. The Morgan fingerprint density at radius 3 is 2.64 bits per heavy atom. The van der Waals surface area contributed by atoms with Crippen LogP contribution in [0, 0.1) is 0 Å². The van der Waals surface area contributed by atoms with Gasteiger partial charge in [0.1, 0.15) is 12.1 Å². The molecule has 0 spiro atoms. The van der Waals surface area contributed by atoms with E-state index in [0.29, 0.717) is 12.1 Å². The maximum Gasteiger partial charge on any atom is 0.178 e. The van der Waals surface area contributed by atoms with Crippen LogP contribution < -0.4 is 0 Å². The van der Waals surface area contributed by atoms with Gasteiger partial charge in [-0.15, -0.1) is 15.3 Å². The highest BCUT2D eigenvalue weighted by atomic mass is 16.3. The monoisotopic (exact) mass is 292 g/mol. The van der Waals surface area contributed by atoms with E-state index in [1.165, 1.54) is 0 Å². The molecule has 22 heavy (non-hydrogen) atoms. The van der Waals surface area contributed by atoms with Gasteiger partial charge in [0.15, 0.2) is 17.3 Å². The number of benzene rings is 1. The molecule has 0 aliphatic heterocycles. The van der Waals surface area contributed by atoms with Crippen molar-refractivity contribution in [1.29, 1.82) is 0 Å². The molecule has 1 aromatic carbocycles. The maximum absolute atomic E-state index is 9.34. The van der Waals surface area contributed by atoms with Crippen LogP contribution in [0.5, 0.6) is 5.75 Å². The Bertz CT molecular complexity index is 911. The van der Waals surface area contributed by atoms with Gasteiger partial charge in [-0.1, -0.05) is 12.1 Å². The molecule has 3 aromatic heterocycles. The number of hydrogen-bond donors (Lipinski definition) is 1. The Balaban J connectivity index is 1.74. The van der Waals surface area contributed by atoms with Gasteiger partial charge in [0, 0.05) is 18.8 Å². The third kappa shape index (κ3) is 2.18. The van der Waals surface area contributed by atoms with E-state index in [9.17, 15) is 5.11 Å². The average Bonchev–Trinajstić information content (AvgIpc) is 3.19. The van der Waals surface area contributed by atoms with E-state index in [0.717, 1.165) is 17.2 Å². The number of imidazole rings is 1. The van der Waals surface area contributed by atoms with Crippen LogP contribution in [-0.4, -0.2) is 34.5 Å². The summed E-state index contributed by atoms with van der Waals surface area (Å²) in [7, 11) is 0. The lowest BCUT2D eigenvalue weighted by atomic mass is 10.1. The minimum Gasteiger partial charge on any atom is -0.508 e. The van der Waals surface area contributed by atoms with E-state index in [1.54, 1.807) is 29.2 Å². The van der Waals surface area contributed by atoms with Crippen molar-refractivity contribution in [2.75, 3.05) is 0 Å². The summed E-state index contributed by atoms with van der Waals surface area (Å²) in [5.74, 6) is 1.73. The van der Waals surface area contributed by atoms with Crippen LogP contribution in [0.4, 0.5) is 0 Å². The van der Waals surface area contributed by atoms with Gasteiger partial charge in [0.05, 0.1) is 0 Å². The highest BCUT2D eigenvalue weighted by Gasteiger charge is 2.09. The molecule has 0 bridgehead atoms. The molecule has 0 saturated carbocycles. The van der Waals surface area contributed by atoms with Gasteiger partial charge < -0.3 is 5.11 Å². The highest BCUT2D eigenvalue weighted by molar-refractivity contribution is 5.40. The first-order valence-corrected chi connectivity index (χ1v) is 6.77. The van der Waals surface area contributed by atoms with Gasteiger partial charge in [0.25, 0.3) is 0 Å². The van der Waals surface area contributed by atoms with Crippen molar-refractivity contribution < 1.29 is 5.11 Å². The fraction of sp³-hybridized carbons (Fsp3) is 0.0667. The zero-order valence-electron chi connectivity index (χ0n) is 11.5. The Hall–Kier alpha value is -3.22. The molecule has 0 atom stereocenters. The predicted molar refractivity (Wildman–Crippen MR) is 78.8 cm³/mol. The molecule has 0 saturated heterocycles. The minimum atomic E-state index is 0.246. The maximum atomic E-state index is 9.34. The number of aromatic nitrogens is 6. The first-order chi connectivity index (χ1) is 10.8. The van der Waals surface area contributed by atoms with Crippen molar-refractivity contribution in [2.45, 2.75) is 6.42 Å². The molecule has 0 aliphatic carbocycles. The second kappa shape index (κ2) is 4.96. The van der Waals surface area contributed by atoms with Crippen LogP contribution in [0.3, 0.4) is 0 Å². The van der Waals surface area contributed by atoms with E-state index in [4.69, 9.17) is 0 Å². The highest BCUT2D eigenvalue weighted by Crippen LogP contribution is 2.14. The van der Waals surface area contributed by atoms with E-state index in [2.05, 4.69) is 20.3 Å². The lowest BCUT2D eigenvalue weighted by Gasteiger charge is -2.03. The summed E-state index contributed by atoms with van der Waals surface area (Å²) in [6.45, 7) is 0. The molecule has 7 nitrogen and oxygen atoms in total. The lowest BCUT2D eigenvalue weighted by Crippen LogP contribution is -2.04. The van der Waals surface area contributed by atoms with Crippen LogP contribution in [0.2, 0.25) is 0 Å². The number of aromatic hydroxyl groups is 1. The molecular weight excluding hydrogens is 280 g/mol. The Kier molecular flexibility index (Phi) is 2.82. The second-order valence-electron chi connectivity index (χ2n) is 4.89. The minimum absolute atomic E-state index is 0.246. The molecule has 4 aromatic rings. The molecule has 0 radical (unpaired) electrons. The molecule has 0 unspecified atom stereocenters. The van der Waals surface area contributed by atoms with E-state index in [-0.39, 0.29) is 5.75 Å². The Labute approximate surface area is 125 Å². The number of fused-ring (bicyclic) bond motifs is 1. The molecule has 1 N–H and O–H groups in total. The van der Waals surface area contributed by atoms with Crippen molar-refractivity contribution >= 4 is 5.65 Å². The van der Waals surface area contributed by atoms with Crippen LogP contribution in [0.15, 0.2) is 55.1 Å². The van der Waals surface area contributed by atoms with Crippen molar-refractivity contribution in [3.05, 3.63) is 66.5 Å². The number of phenolic OH excluding ortho intramolecular Hbond substituents is 1. The van der Waals surface area contributed by atoms with Crippen molar-refractivity contribution in [3.8, 4) is 11.6 Å². The Morgan fingerprint density at radius 2 is 1.86 bits per heavy atom. The van der Waals surface area contributed by atoms with Crippen LogP contribution in [0.1, 0.15) is 11.4 Å². The van der Waals surface area contributed by atoms with Crippen LogP contribution in [-0.2, 0) is 6.42 Å². The van der Waals surface area contributed by atoms with Gasteiger partial charge in [0.2, 0.25) is 0 Å². The topological polar surface area (TPSA) is 81.1 Å². The van der Waals surface area contributed by atoms with E-state index in [1.807, 2.05) is 35.0 Å².